The Hall–Kier alpha value is -2.91. The van der Waals surface area contributed by atoms with Gasteiger partial charge in [-0.2, -0.15) is 5.26 Å². The Labute approximate surface area is 159 Å². The SMILES string of the molecule is CCN(CC(=O)Nc1c(C)cccc1C)C(=S)Nc1cccc(C#N)c1. The van der Waals surface area contributed by atoms with E-state index < -0.39 is 0 Å². The molecular formula is C20H22N4OS. The fraction of sp³-hybridized carbons (Fsp3) is 0.250. The highest BCUT2D eigenvalue weighted by molar-refractivity contribution is 7.80. The van der Waals surface area contributed by atoms with Gasteiger partial charge in [-0.1, -0.05) is 24.3 Å². The van der Waals surface area contributed by atoms with Crippen molar-refractivity contribution in [3.05, 3.63) is 59.2 Å². The molecule has 2 rings (SSSR count). The molecule has 0 fully saturated rings. The molecule has 2 aromatic rings. The lowest BCUT2D eigenvalue weighted by Gasteiger charge is -2.24. The zero-order valence-electron chi connectivity index (χ0n) is 15.2. The fourth-order valence-corrected chi connectivity index (χ4v) is 2.87. The number of hydrogen-bond acceptors (Lipinski definition) is 3. The normalized spacial score (nSPS) is 9.92. The molecule has 6 heteroatoms. The molecule has 0 spiro atoms. The summed E-state index contributed by atoms with van der Waals surface area (Å²) in [7, 11) is 0. The second-order valence-corrected chi connectivity index (χ2v) is 6.34. The number of carbonyl (C=O) groups excluding carboxylic acids is 1. The van der Waals surface area contributed by atoms with Crippen molar-refractivity contribution in [3.63, 3.8) is 0 Å². The van der Waals surface area contributed by atoms with Crippen LogP contribution in [0.1, 0.15) is 23.6 Å². The van der Waals surface area contributed by atoms with E-state index in [2.05, 4.69) is 16.7 Å². The minimum atomic E-state index is -0.126. The molecule has 0 saturated heterocycles. The lowest BCUT2D eigenvalue weighted by Crippen LogP contribution is -2.40. The Morgan fingerprint density at radius 1 is 1.15 bits per heavy atom. The highest BCUT2D eigenvalue weighted by Crippen LogP contribution is 2.19. The van der Waals surface area contributed by atoms with Crippen LogP contribution in [0, 0.1) is 25.2 Å². The van der Waals surface area contributed by atoms with Gasteiger partial charge in [0, 0.05) is 17.9 Å². The maximum atomic E-state index is 12.5. The summed E-state index contributed by atoms with van der Waals surface area (Å²) in [5, 5.41) is 15.5. The van der Waals surface area contributed by atoms with Gasteiger partial charge in [-0.15, -0.1) is 0 Å². The summed E-state index contributed by atoms with van der Waals surface area (Å²) in [6.07, 6.45) is 0. The number of anilines is 2. The number of amides is 1. The zero-order valence-corrected chi connectivity index (χ0v) is 16.0. The van der Waals surface area contributed by atoms with Crippen molar-refractivity contribution < 1.29 is 4.79 Å². The lowest BCUT2D eigenvalue weighted by atomic mass is 10.1. The molecule has 1 amide bonds. The van der Waals surface area contributed by atoms with E-state index in [9.17, 15) is 4.79 Å². The summed E-state index contributed by atoms with van der Waals surface area (Å²) in [6.45, 7) is 6.60. The van der Waals surface area contributed by atoms with Crippen molar-refractivity contribution >= 4 is 34.6 Å². The number of carbonyl (C=O) groups is 1. The molecule has 0 radical (unpaired) electrons. The number of nitrogens with one attached hydrogen (secondary N) is 2. The largest absolute Gasteiger partial charge is 0.340 e. The Balaban J connectivity index is 2.02. The van der Waals surface area contributed by atoms with Gasteiger partial charge in [0.1, 0.15) is 0 Å². The van der Waals surface area contributed by atoms with Gasteiger partial charge in [0.05, 0.1) is 18.2 Å². The van der Waals surface area contributed by atoms with Gasteiger partial charge in [-0.05, 0) is 62.3 Å². The molecule has 0 unspecified atom stereocenters. The Bertz CT molecular complexity index is 837. The number of hydrogen-bond donors (Lipinski definition) is 2. The van der Waals surface area contributed by atoms with Gasteiger partial charge in [0.25, 0.3) is 0 Å². The van der Waals surface area contributed by atoms with Crippen molar-refractivity contribution in [3.8, 4) is 6.07 Å². The molecule has 2 aromatic carbocycles. The monoisotopic (exact) mass is 366 g/mol. The van der Waals surface area contributed by atoms with Gasteiger partial charge in [-0.25, -0.2) is 0 Å². The van der Waals surface area contributed by atoms with Crippen molar-refractivity contribution in [2.45, 2.75) is 20.8 Å². The number of aryl methyl sites for hydroxylation is 2. The Kier molecular flexibility index (Phi) is 6.70. The minimum absolute atomic E-state index is 0.126. The number of nitriles is 1. The van der Waals surface area contributed by atoms with E-state index in [1.165, 1.54) is 0 Å². The molecule has 2 N–H and O–H groups in total. The molecule has 0 heterocycles. The molecule has 0 aliphatic heterocycles. The maximum Gasteiger partial charge on any atom is 0.243 e. The topological polar surface area (TPSA) is 68.2 Å². The Morgan fingerprint density at radius 3 is 2.42 bits per heavy atom. The van der Waals surface area contributed by atoms with Crippen LogP contribution >= 0.6 is 12.2 Å². The fourth-order valence-electron chi connectivity index (χ4n) is 2.56. The first kappa shape index (κ1) is 19.4. The summed E-state index contributed by atoms with van der Waals surface area (Å²) < 4.78 is 0. The van der Waals surface area contributed by atoms with Crippen LogP contribution in [0.5, 0.6) is 0 Å². The van der Waals surface area contributed by atoms with E-state index >= 15 is 0 Å². The number of benzene rings is 2. The molecule has 26 heavy (non-hydrogen) atoms. The number of likely N-dealkylation sites (N-methyl/N-ethyl adjacent to an activating group) is 1. The molecule has 0 atom stereocenters. The average molecular weight is 366 g/mol. The first-order valence-corrected chi connectivity index (χ1v) is 8.77. The first-order valence-electron chi connectivity index (χ1n) is 8.36. The maximum absolute atomic E-state index is 12.5. The zero-order chi connectivity index (χ0) is 19.1. The van der Waals surface area contributed by atoms with Crippen molar-refractivity contribution in [2.75, 3.05) is 23.7 Å². The average Bonchev–Trinajstić information content (AvgIpc) is 2.63. The van der Waals surface area contributed by atoms with Crippen LogP contribution in [0.2, 0.25) is 0 Å². The number of thiocarbonyl (C=S) groups is 1. The summed E-state index contributed by atoms with van der Waals surface area (Å²) in [4.78, 5) is 14.2. The summed E-state index contributed by atoms with van der Waals surface area (Å²) in [5.41, 5.74) is 4.16. The number of nitrogens with zero attached hydrogens (tertiary/aromatic N) is 2. The second kappa shape index (κ2) is 8.97. The van der Waals surface area contributed by atoms with E-state index in [-0.39, 0.29) is 12.5 Å². The van der Waals surface area contributed by atoms with E-state index in [0.717, 1.165) is 22.5 Å². The molecule has 0 bridgehead atoms. The molecule has 134 valence electrons. The smallest absolute Gasteiger partial charge is 0.243 e. The quantitative estimate of drug-likeness (QED) is 0.787. The van der Waals surface area contributed by atoms with E-state index in [4.69, 9.17) is 17.5 Å². The van der Waals surface area contributed by atoms with Gasteiger partial charge in [0.2, 0.25) is 5.91 Å². The molecule has 5 nitrogen and oxygen atoms in total. The highest BCUT2D eigenvalue weighted by atomic mass is 32.1. The van der Waals surface area contributed by atoms with Crippen LogP contribution in [0.4, 0.5) is 11.4 Å². The Morgan fingerprint density at radius 2 is 1.81 bits per heavy atom. The van der Waals surface area contributed by atoms with Gasteiger partial charge in [-0.3, -0.25) is 4.79 Å². The third kappa shape index (κ3) is 5.04. The van der Waals surface area contributed by atoms with Crippen LogP contribution in [-0.4, -0.2) is 29.0 Å². The molecule has 0 aromatic heterocycles. The first-order chi connectivity index (χ1) is 12.4. The third-order valence-corrected chi connectivity index (χ3v) is 4.35. The summed E-state index contributed by atoms with van der Waals surface area (Å²) >= 11 is 5.42. The van der Waals surface area contributed by atoms with Crippen LogP contribution < -0.4 is 10.6 Å². The number of para-hydroxylation sites is 1. The van der Waals surface area contributed by atoms with Gasteiger partial charge >= 0.3 is 0 Å². The van der Waals surface area contributed by atoms with Gasteiger partial charge in [0.15, 0.2) is 5.11 Å². The van der Waals surface area contributed by atoms with Crippen LogP contribution in [0.25, 0.3) is 0 Å². The number of rotatable bonds is 5. The predicted octanol–water partition coefficient (Wildman–Crippen LogP) is 3.83. The summed E-state index contributed by atoms with van der Waals surface area (Å²) in [6, 6.07) is 15.1. The molecule has 0 aliphatic rings. The van der Waals surface area contributed by atoms with Crippen molar-refractivity contribution in [1.29, 1.82) is 5.26 Å². The summed E-state index contributed by atoms with van der Waals surface area (Å²) in [5.74, 6) is -0.126. The predicted molar refractivity (Wildman–Crippen MR) is 109 cm³/mol. The van der Waals surface area contributed by atoms with Crippen LogP contribution in [0.15, 0.2) is 42.5 Å². The van der Waals surface area contributed by atoms with Gasteiger partial charge < -0.3 is 15.5 Å². The second-order valence-electron chi connectivity index (χ2n) is 5.95. The van der Waals surface area contributed by atoms with E-state index in [1.807, 2.05) is 45.0 Å². The molecule has 0 saturated carbocycles. The molecule has 0 aliphatic carbocycles. The van der Waals surface area contributed by atoms with Crippen LogP contribution in [0.3, 0.4) is 0 Å². The third-order valence-electron chi connectivity index (χ3n) is 3.99. The highest BCUT2D eigenvalue weighted by Gasteiger charge is 2.14. The minimum Gasteiger partial charge on any atom is -0.340 e. The lowest BCUT2D eigenvalue weighted by molar-refractivity contribution is -0.116. The standard InChI is InChI=1S/C20H22N4OS/c1-4-24(20(26)22-17-10-6-9-16(11-17)12-21)13-18(25)23-19-14(2)7-5-8-15(19)3/h5-11H,4,13H2,1-3H3,(H,22,26)(H,23,25). The van der Waals surface area contributed by atoms with Crippen LogP contribution in [-0.2, 0) is 4.79 Å². The van der Waals surface area contributed by atoms with E-state index in [0.29, 0.717) is 17.2 Å². The molecular weight excluding hydrogens is 344 g/mol. The van der Waals surface area contributed by atoms with E-state index in [1.54, 1.807) is 23.1 Å². The van der Waals surface area contributed by atoms with Crippen molar-refractivity contribution in [2.24, 2.45) is 0 Å². The van der Waals surface area contributed by atoms with Crippen molar-refractivity contribution in [1.82, 2.24) is 4.90 Å².